The summed E-state index contributed by atoms with van der Waals surface area (Å²) in [5, 5.41) is 0. The van der Waals surface area contributed by atoms with E-state index in [0.29, 0.717) is 18.9 Å². The number of carbonyl (C=O) groups excluding carboxylic acids is 1. The Morgan fingerprint density at radius 1 is 1.59 bits per heavy atom. The minimum Gasteiger partial charge on any atom is -0.469 e. The van der Waals surface area contributed by atoms with Crippen LogP contribution in [0.4, 0.5) is 0 Å². The van der Waals surface area contributed by atoms with Crippen LogP contribution < -0.4 is 5.73 Å². The molecule has 0 aliphatic carbocycles. The largest absolute Gasteiger partial charge is 0.469 e. The van der Waals surface area contributed by atoms with Gasteiger partial charge in [-0.2, -0.15) is 0 Å². The quantitative estimate of drug-likeness (QED) is 0.764. The van der Waals surface area contributed by atoms with Gasteiger partial charge in [0.1, 0.15) is 0 Å². The standard InChI is InChI=1S/C12H21N3O2/c1-9(2)6-10(13)11-7-14-8-15(11)5-4-12(16)17-3/h7-10H,4-6,13H2,1-3H3. The molecular weight excluding hydrogens is 218 g/mol. The van der Waals surface area contributed by atoms with Crippen LogP contribution in [0.15, 0.2) is 12.5 Å². The monoisotopic (exact) mass is 239 g/mol. The molecule has 0 radical (unpaired) electrons. The molecule has 2 N–H and O–H groups in total. The van der Waals surface area contributed by atoms with E-state index in [2.05, 4.69) is 23.6 Å². The summed E-state index contributed by atoms with van der Waals surface area (Å²) in [5.74, 6) is 0.316. The fraction of sp³-hybridized carbons (Fsp3) is 0.667. The van der Waals surface area contributed by atoms with Crippen molar-refractivity contribution >= 4 is 5.97 Å². The fourth-order valence-corrected chi connectivity index (χ4v) is 1.77. The Balaban J connectivity index is 2.62. The molecule has 1 heterocycles. The first-order valence-corrected chi connectivity index (χ1v) is 5.87. The SMILES string of the molecule is COC(=O)CCn1cncc1C(N)CC(C)C. The molecule has 1 atom stereocenters. The molecule has 0 bridgehead atoms. The summed E-state index contributed by atoms with van der Waals surface area (Å²) < 4.78 is 6.53. The highest BCUT2D eigenvalue weighted by atomic mass is 16.5. The van der Waals surface area contributed by atoms with Crippen molar-refractivity contribution in [2.75, 3.05) is 7.11 Å². The Labute approximate surface area is 102 Å². The minimum absolute atomic E-state index is 0.0323. The molecule has 0 aromatic carbocycles. The van der Waals surface area contributed by atoms with Gasteiger partial charge in [0.25, 0.3) is 0 Å². The second-order valence-electron chi connectivity index (χ2n) is 4.57. The van der Waals surface area contributed by atoms with E-state index in [9.17, 15) is 4.79 Å². The maximum atomic E-state index is 11.1. The normalized spacial score (nSPS) is 12.8. The number of nitrogens with two attached hydrogens (primary N) is 1. The van der Waals surface area contributed by atoms with Gasteiger partial charge in [-0.1, -0.05) is 13.8 Å². The van der Waals surface area contributed by atoms with E-state index in [1.807, 2.05) is 4.57 Å². The predicted molar refractivity (Wildman–Crippen MR) is 65.2 cm³/mol. The molecule has 0 aliphatic heterocycles. The highest BCUT2D eigenvalue weighted by molar-refractivity contribution is 5.68. The van der Waals surface area contributed by atoms with Crippen molar-refractivity contribution in [1.29, 1.82) is 0 Å². The lowest BCUT2D eigenvalue weighted by Gasteiger charge is -2.16. The molecule has 0 aliphatic rings. The molecule has 96 valence electrons. The molecule has 1 rings (SSSR count). The zero-order valence-corrected chi connectivity index (χ0v) is 10.7. The zero-order valence-electron chi connectivity index (χ0n) is 10.7. The third-order valence-corrected chi connectivity index (χ3v) is 2.63. The third kappa shape index (κ3) is 4.19. The predicted octanol–water partition coefficient (Wildman–Crippen LogP) is 1.49. The summed E-state index contributed by atoms with van der Waals surface area (Å²) in [6, 6.07) is -0.0323. The second-order valence-corrected chi connectivity index (χ2v) is 4.57. The average Bonchev–Trinajstić information content (AvgIpc) is 2.73. The van der Waals surface area contributed by atoms with E-state index in [0.717, 1.165) is 12.1 Å². The Morgan fingerprint density at radius 3 is 2.88 bits per heavy atom. The zero-order chi connectivity index (χ0) is 12.8. The summed E-state index contributed by atoms with van der Waals surface area (Å²) in [6.07, 6.45) is 4.72. The highest BCUT2D eigenvalue weighted by Gasteiger charge is 2.13. The number of aryl methyl sites for hydroxylation is 1. The number of rotatable bonds is 6. The number of methoxy groups -OCH3 is 1. The van der Waals surface area contributed by atoms with Crippen molar-refractivity contribution in [1.82, 2.24) is 9.55 Å². The second kappa shape index (κ2) is 6.39. The third-order valence-electron chi connectivity index (χ3n) is 2.63. The Kier molecular flexibility index (Phi) is 5.15. The van der Waals surface area contributed by atoms with Gasteiger partial charge in [0.05, 0.1) is 25.6 Å². The van der Waals surface area contributed by atoms with Crippen LogP contribution in [0, 0.1) is 5.92 Å². The molecule has 5 heteroatoms. The van der Waals surface area contributed by atoms with Gasteiger partial charge >= 0.3 is 5.97 Å². The van der Waals surface area contributed by atoms with Gasteiger partial charge in [-0.3, -0.25) is 4.79 Å². The average molecular weight is 239 g/mol. The number of imidazole rings is 1. The smallest absolute Gasteiger partial charge is 0.307 e. The van der Waals surface area contributed by atoms with Gasteiger partial charge in [0, 0.05) is 18.8 Å². The maximum Gasteiger partial charge on any atom is 0.307 e. The molecule has 17 heavy (non-hydrogen) atoms. The van der Waals surface area contributed by atoms with Gasteiger partial charge in [0.2, 0.25) is 0 Å². The molecule has 1 aromatic heterocycles. The van der Waals surface area contributed by atoms with E-state index in [1.54, 1.807) is 12.5 Å². The van der Waals surface area contributed by atoms with Crippen molar-refractivity contribution in [3.63, 3.8) is 0 Å². The topological polar surface area (TPSA) is 70.1 Å². The first kappa shape index (κ1) is 13.7. The fourth-order valence-electron chi connectivity index (χ4n) is 1.77. The van der Waals surface area contributed by atoms with Gasteiger partial charge in [-0.05, 0) is 12.3 Å². The number of ether oxygens (including phenoxy) is 1. The molecule has 1 aromatic rings. The first-order valence-electron chi connectivity index (χ1n) is 5.87. The molecule has 0 saturated heterocycles. The van der Waals surface area contributed by atoms with E-state index in [4.69, 9.17) is 5.73 Å². The molecule has 0 spiro atoms. The number of hydrogen-bond acceptors (Lipinski definition) is 4. The van der Waals surface area contributed by atoms with Crippen LogP contribution in [0.5, 0.6) is 0 Å². The summed E-state index contributed by atoms with van der Waals surface area (Å²) in [4.78, 5) is 15.2. The van der Waals surface area contributed by atoms with Crippen molar-refractivity contribution in [3.05, 3.63) is 18.2 Å². The van der Waals surface area contributed by atoms with Crippen LogP contribution in [0.3, 0.4) is 0 Å². The number of hydrogen-bond donors (Lipinski definition) is 1. The summed E-state index contributed by atoms with van der Waals surface area (Å²) >= 11 is 0. The number of esters is 1. The van der Waals surface area contributed by atoms with Gasteiger partial charge in [-0.25, -0.2) is 4.98 Å². The van der Waals surface area contributed by atoms with Crippen LogP contribution in [0.25, 0.3) is 0 Å². The van der Waals surface area contributed by atoms with Crippen molar-refractivity contribution < 1.29 is 9.53 Å². The van der Waals surface area contributed by atoms with E-state index < -0.39 is 0 Å². The van der Waals surface area contributed by atoms with Crippen LogP contribution in [0.2, 0.25) is 0 Å². The molecule has 1 unspecified atom stereocenters. The molecule has 0 fully saturated rings. The molecular formula is C12H21N3O2. The summed E-state index contributed by atoms with van der Waals surface area (Å²) in [6.45, 7) is 4.83. The van der Waals surface area contributed by atoms with Crippen LogP contribution >= 0.6 is 0 Å². The lowest BCUT2D eigenvalue weighted by Crippen LogP contribution is -2.18. The number of nitrogens with zero attached hydrogens (tertiary/aromatic N) is 2. The maximum absolute atomic E-state index is 11.1. The van der Waals surface area contributed by atoms with Crippen molar-refractivity contribution in [3.8, 4) is 0 Å². The number of carbonyl (C=O) groups is 1. The minimum atomic E-state index is -0.220. The lowest BCUT2D eigenvalue weighted by molar-refractivity contribution is -0.140. The molecule has 0 saturated carbocycles. The lowest BCUT2D eigenvalue weighted by atomic mass is 10.0. The number of aromatic nitrogens is 2. The Morgan fingerprint density at radius 2 is 2.29 bits per heavy atom. The van der Waals surface area contributed by atoms with Crippen LogP contribution in [0.1, 0.15) is 38.4 Å². The van der Waals surface area contributed by atoms with Crippen molar-refractivity contribution in [2.45, 2.75) is 39.3 Å². The van der Waals surface area contributed by atoms with Gasteiger partial charge in [-0.15, -0.1) is 0 Å². The summed E-state index contributed by atoms with van der Waals surface area (Å²) in [7, 11) is 1.39. The Bertz CT molecular complexity index is 360. The van der Waals surface area contributed by atoms with E-state index in [-0.39, 0.29) is 12.0 Å². The van der Waals surface area contributed by atoms with Crippen LogP contribution in [-0.4, -0.2) is 22.6 Å². The Hall–Kier alpha value is -1.36. The van der Waals surface area contributed by atoms with Gasteiger partial charge < -0.3 is 15.0 Å². The van der Waals surface area contributed by atoms with Gasteiger partial charge in [0.15, 0.2) is 0 Å². The van der Waals surface area contributed by atoms with Crippen LogP contribution in [-0.2, 0) is 16.1 Å². The highest BCUT2D eigenvalue weighted by Crippen LogP contribution is 2.18. The van der Waals surface area contributed by atoms with E-state index >= 15 is 0 Å². The molecule has 0 amide bonds. The van der Waals surface area contributed by atoms with E-state index in [1.165, 1.54) is 7.11 Å². The first-order chi connectivity index (χ1) is 8.04. The molecule has 5 nitrogen and oxygen atoms in total. The summed E-state index contributed by atoms with van der Waals surface area (Å²) in [5.41, 5.74) is 7.08. The van der Waals surface area contributed by atoms with Crippen molar-refractivity contribution in [2.24, 2.45) is 11.7 Å².